The minimum atomic E-state index is -1.29. The van der Waals surface area contributed by atoms with Gasteiger partial charge in [-0.2, -0.15) is 0 Å². The van der Waals surface area contributed by atoms with Gasteiger partial charge in [-0.25, -0.2) is 9.78 Å². The summed E-state index contributed by atoms with van der Waals surface area (Å²) < 4.78 is 4.89. The van der Waals surface area contributed by atoms with Crippen molar-refractivity contribution in [1.82, 2.24) is 15.2 Å². The van der Waals surface area contributed by atoms with E-state index in [2.05, 4.69) is 10.3 Å². The number of nitrogen functional groups attached to an aromatic ring is 1. The highest BCUT2D eigenvalue weighted by molar-refractivity contribution is 8.00. The Morgan fingerprint density at radius 1 is 1.48 bits per heavy atom. The van der Waals surface area contributed by atoms with Crippen LogP contribution in [0.5, 0.6) is 0 Å². The van der Waals surface area contributed by atoms with Gasteiger partial charge in [-0.05, 0) is 6.92 Å². The van der Waals surface area contributed by atoms with Crippen LogP contribution in [0.4, 0.5) is 5.13 Å². The molecule has 2 aliphatic rings. The largest absolute Gasteiger partial charge is 0.477 e. The molecule has 2 amide bonds. The smallest absolute Gasteiger partial charge is 0.352 e. The lowest BCUT2D eigenvalue weighted by molar-refractivity contribution is -0.150. The standard InChI is InChI=1S/C17H18N4O6S2/c1-3-9(10-6-29-17(18)19-10)13(23)20-11-14(24)21-12(16(25)26)8(4-27-7(2)22)5-28-15(11)21/h3,6,11,15H,4-5H2,1-2H3,(H2,18,19)(H,20,23)(H,25,26)/b9-3-/t11?,15-/m1/s1. The van der Waals surface area contributed by atoms with Crippen LogP contribution in [0.15, 0.2) is 22.7 Å². The number of esters is 1. The summed E-state index contributed by atoms with van der Waals surface area (Å²) in [4.78, 5) is 53.2. The number of carbonyl (C=O) groups excluding carboxylic acids is 3. The maximum atomic E-state index is 12.6. The molecule has 4 N–H and O–H groups in total. The number of amides is 2. The van der Waals surface area contributed by atoms with Gasteiger partial charge in [-0.1, -0.05) is 6.08 Å². The number of carbonyl (C=O) groups is 4. The predicted molar refractivity (Wildman–Crippen MR) is 106 cm³/mol. The van der Waals surface area contributed by atoms with Gasteiger partial charge < -0.3 is 20.9 Å². The molecule has 1 fully saturated rings. The molecule has 1 aromatic heterocycles. The van der Waals surface area contributed by atoms with Gasteiger partial charge in [-0.3, -0.25) is 19.3 Å². The van der Waals surface area contributed by atoms with Crippen LogP contribution in [0.3, 0.4) is 0 Å². The molecular weight excluding hydrogens is 420 g/mol. The SMILES string of the molecule is C/C=C(\C(=O)NC1C(=O)N2C(C(=O)O)=C(COC(C)=O)CS[C@H]12)c1csc(N)n1. The van der Waals surface area contributed by atoms with Crippen molar-refractivity contribution in [3.8, 4) is 0 Å². The molecule has 0 radical (unpaired) electrons. The van der Waals surface area contributed by atoms with Crippen LogP contribution in [-0.4, -0.2) is 62.5 Å². The number of hydrogen-bond acceptors (Lipinski definition) is 9. The van der Waals surface area contributed by atoms with Crippen LogP contribution >= 0.6 is 23.1 Å². The molecule has 12 heteroatoms. The van der Waals surface area contributed by atoms with Crippen molar-refractivity contribution in [3.63, 3.8) is 0 Å². The monoisotopic (exact) mass is 438 g/mol. The van der Waals surface area contributed by atoms with Crippen LogP contribution in [0.25, 0.3) is 5.57 Å². The summed E-state index contributed by atoms with van der Waals surface area (Å²) in [5, 5.41) is 13.6. The molecule has 0 aliphatic carbocycles. The summed E-state index contributed by atoms with van der Waals surface area (Å²) in [6.07, 6.45) is 1.57. The molecule has 0 bridgehead atoms. The molecule has 0 aromatic carbocycles. The summed E-state index contributed by atoms with van der Waals surface area (Å²) in [5.74, 6) is -2.61. The summed E-state index contributed by atoms with van der Waals surface area (Å²) in [5.41, 5.74) is 6.42. The fourth-order valence-corrected chi connectivity index (χ4v) is 4.90. The highest BCUT2D eigenvalue weighted by atomic mass is 32.2. The van der Waals surface area contributed by atoms with Gasteiger partial charge in [0, 0.05) is 23.6 Å². The van der Waals surface area contributed by atoms with Gasteiger partial charge in [0.1, 0.15) is 23.7 Å². The highest BCUT2D eigenvalue weighted by Crippen LogP contribution is 2.40. The first-order valence-electron chi connectivity index (χ1n) is 8.46. The topological polar surface area (TPSA) is 152 Å². The van der Waals surface area contributed by atoms with E-state index in [0.29, 0.717) is 16.4 Å². The van der Waals surface area contributed by atoms with Crippen molar-refractivity contribution in [2.24, 2.45) is 0 Å². The number of carboxylic acid groups (broad SMARTS) is 1. The third kappa shape index (κ3) is 3.98. The number of rotatable bonds is 6. The van der Waals surface area contributed by atoms with E-state index >= 15 is 0 Å². The third-order valence-electron chi connectivity index (χ3n) is 4.32. The molecule has 154 valence electrons. The van der Waals surface area contributed by atoms with Crippen molar-refractivity contribution >= 4 is 57.6 Å². The lowest BCUT2D eigenvalue weighted by Gasteiger charge is -2.49. The molecule has 1 unspecified atom stereocenters. The minimum Gasteiger partial charge on any atom is -0.477 e. The Balaban J connectivity index is 1.76. The van der Waals surface area contributed by atoms with E-state index in [4.69, 9.17) is 10.5 Å². The van der Waals surface area contributed by atoms with Crippen molar-refractivity contribution in [1.29, 1.82) is 0 Å². The van der Waals surface area contributed by atoms with Crippen molar-refractivity contribution in [2.45, 2.75) is 25.3 Å². The normalized spacial score (nSPS) is 21.4. The lowest BCUT2D eigenvalue weighted by atomic mass is 10.0. The Morgan fingerprint density at radius 2 is 2.21 bits per heavy atom. The number of hydrogen-bond donors (Lipinski definition) is 3. The van der Waals surface area contributed by atoms with Crippen LogP contribution in [0, 0.1) is 0 Å². The zero-order valence-corrected chi connectivity index (χ0v) is 17.1. The van der Waals surface area contributed by atoms with Gasteiger partial charge in [0.05, 0.1) is 11.3 Å². The average Bonchev–Trinajstić information content (AvgIpc) is 3.09. The van der Waals surface area contributed by atoms with Crippen LogP contribution in [0.2, 0.25) is 0 Å². The minimum absolute atomic E-state index is 0.203. The van der Waals surface area contributed by atoms with Crippen LogP contribution in [-0.2, 0) is 23.9 Å². The lowest BCUT2D eigenvalue weighted by Crippen LogP contribution is -2.70. The van der Waals surface area contributed by atoms with E-state index < -0.39 is 35.2 Å². The van der Waals surface area contributed by atoms with Crippen molar-refractivity contribution in [2.75, 3.05) is 18.1 Å². The van der Waals surface area contributed by atoms with E-state index in [1.54, 1.807) is 18.4 Å². The fourth-order valence-electron chi connectivity index (χ4n) is 3.01. The summed E-state index contributed by atoms with van der Waals surface area (Å²) in [6.45, 7) is 2.68. The van der Waals surface area contributed by atoms with Crippen LogP contribution < -0.4 is 11.1 Å². The quantitative estimate of drug-likeness (QED) is 0.326. The van der Waals surface area contributed by atoms with Crippen molar-refractivity contribution < 1.29 is 29.0 Å². The maximum absolute atomic E-state index is 12.6. The number of anilines is 1. The van der Waals surface area contributed by atoms with Gasteiger partial charge in [0.2, 0.25) is 0 Å². The van der Waals surface area contributed by atoms with Crippen LogP contribution in [0.1, 0.15) is 19.5 Å². The van der Waals surface area contributed by atoms with E-state index in [1.807, 2.05) is 0 Å². The number of fused-ring (bicyclic) bond motifs is 1. The van der Waals surface area contributed by atoms with E-state index in [1.165, 1.54) is 30.0 Å². The Labute approximate surface area is 173 Å². The maximum Gasteiger partial charge on any atom is 0.352 e. The summed E-state index contributed by atoms with van der Waals surface area (Å²) in [6, 6.07) is -0.872. The zero-order chi connectivity index (χ0) is 21.3. The number of allylic oxidation sites excluding steroid dienone is 1. The summed E-state index contributed by atoms with van der Waals surface area (Å²) >= 11 is 2.48. The molecule has 0 spiro atoms. The van der Waals surface area contributed by atoms with Gasteiger partial charge in [0.25, 0.3) is 11.8 Å². The zero-order valence-electron chi connectivity index (χ0n) is 15.5. The molecule has 10 nitrogen and oxygen atoms in total. The molecular formula is C17H18N4O6S2. The van der Waals surface area contributed by atoms with Crippen molar-refractivity contribution in [3.05, 3.63) is 28.4 Å². The first-order chi connectivity index (χ1) is 13.7. The van der Waals surface area contributed by atoms with Gasteiger partial charge in [-0.15, -0.1) is 23.1 Å². The Kier molecular flexibility index (Phi) is 5.94. The second kappa shape index (κ2) is 8.25. The number of aromatic nitrogens is 1. The number of carboxylic acids is 1. The molecule has 29 heavy (non-hydrogen) atoms. The predicted octanol–water partition coefficient (Wildman–Crippen LogP) is 0.430. The van der Waals surface area contributed by atoms with E-state index in [0.717, 1.165) is 4.90 Å². The molecule has 3 heterocycles. The van der Waals surface area contributed by atoms with E-state index in [-0.39, 0.29) is 23.6 Å². The molecule has 3 rings (SSSR count). The molecule has 0 saturated carbocycles. The third-order valence-corrected chi connectivity index (χ3v) is 6.33. The number of ether oxygens (including phenoxy) is 1. The number of aliphatic carboxylic acids is 1. The molecule has 2 atom stereocenters. The first kappa shape index (κ1) is 20.9. The Morgan fingerprint density at radius 3 is 2.76 bits per heavy atom. The number of nitrogens with one attached hydrogen (secondary N) is 1. The molecule has 1 saturated heterocycles. The highest BCUT2D eigenvalue weighted by Gasteiger charge is 2.54. The number of nitrogens with zero attached hydrogens (tertiary/aromatic N) is 2. The fraction of sp³-hybridized carbons (Fsp3) is 0.353. The number of nitrogens with two attached hydrogens (primary N) is 1. The Hall–Kier alpha value is -2.86. The van der Waals surface area contributed by atoms with Gasteiger partial charge in [0.15, 0.2) is 5.13 Å². The number of thioether (sulfide) groups is 1. The Bertz CT molecular complexity index is 953. The first-order valence-corrected chi connectivity index (χ1v) is 10.4. The van der Waals surface area contributed by atoms with Gasteiger partial charge >= 0.3 is 11.9 Å². The number of thiazole rings is 1. The average molecular weight is 438 g/mol. The number of β-lactam (4-membered cyclic amide) rings is 1. The van der Waals surface area contributed by atoms with E-state index in [9.17, 15) is 24.3 Å². The molecule has 2 aliphatic heterocycles. The summed E-state index contributed by atoms with van der Waals surface area (Å²) in [7, 11) is 0. The second-order valence-electron chi connectivity index (χ2n) is 6.17. The molecule has 1 aromatic rings. The second-order valence-corrected chi connectivity index (χ2v) is 8.17.